The molecule has 1 aromatic heterocycles. The van der Waals surface area contributed by atoms with Gasteiger partial charge in [0.2, 0.25) is 0 Å². The fraction of sp³-hybridized carbons (Fsp3) is 0.154. The van der Waals surface area contributed by atoms with Gasteiger partial charge >= 0.3 is 0 Å². The molecule has 0 bridgehead atoms. The summed E-state index contributed by atoms with van der Waals surface area (Å²) in [6.45, 7) is 9.55. The lowest BCUT2D eigenvalue weighted by Crippen LogP contribution is -1.84. The summed E-state index contributed by atoms with van der Waals surface area (Å²) in [5, 5.41) is 0. The molecule has 0 saturated heterocycles. The van der Waals surface area contributed by atoms with Crippen molar-refractivity contribution in [1.82, 2.24) is 4.98 Å². The summed E-state index contributed by atoms with van der Waals surface area (Å²) in [5.41, 5.74) is 3.53. The number of nitrogens with zero attached hydrogens (tertiary/aromatic N) is 1. The number of rotatable bonds is 4. The predicted octanol–water partition coefficient (Wildman–Crippen LogP) is 3.54. The van der Waals surface area contributed by atoms with E-state index in [0.717, 1.165) is 17.6 Å². The van der Waals surface area contributed by atoms with Gasteiger partial charge in [-0.2, -0.15) is 0 Å². The molecule has 0 amide bonds. The van der Waals surface area contributed by atoms with Crippen LogP contribution in [-0.4, -0.2) is 4.98 Å². The SMILES string of the molecule is C=CC/C(C=C)=C\c1cnccc1C. The van der Waals surface area contributed by atoms with E-state index in [1.54, 1.807) is 6.20 Å². The van der Waals surface area contributed by atoms with Crippen molar-refractivity contribution in [3.05, 3.63) is 60.5 Å². The Morgan fingerprint density at radius 2 is 2.29 bits per heavy atom. The van der Waals surface area contributed by atoms with Gasteiger partial charge in [-0.15, -0.1) is 6.58 Å². The molecule has 0 unspecified atom stereocenters. The van der Waals surface area contributed by atoms with Crippen LogP contribution in [0.2, 0.25) is 0 Å². The molecule has 0 radical (unpaired) electrons. The average molecular weight is 185 g/mol. The Morgan fingerprint density at radius 1 is 1.50 bits per heavy atom. The fourth-order valence-electron chi connectivity index (χ4n) is 1.19. The van der Waals surface area contributed by atoms with Gasteiger partial charge in [-0.3, -0.25) is 4.98 Å². The maximum atomic E-state index is 4.09. The Balaban J connectivity index is 2.99. The Hall–Kier alpha value is -1.63. The molecule has 1 heterocycles. The molecule has 0 aromatic carbocycles. The molecular weight excluding hydrogens is 170 g/mol. The van der Waals surface area contributed by atoms with Crippen molar-refractivity contribution in [2.75, 3.05) is 0 Å². The molecule has 0 aliphatic carbocycles. The monoisotopic (exact) mass is 185 g/mol. The van der Waals surface area contributed by atoms with E-state index in [-0.39, 0.29) is 0 Å². The summed E-state index contributed by atoms with van der Waals surface area (Å²) in [7, 11) is 0. The minimum absolute atomic E-state index is 0.845. The van der Waals surface area contributed by atoms with Gasteiger partial charge in [-0.1, -0.05) is 18.7 Å². The summed E-state index contributed by atoms with van der Waals surface area (Å²) >= 11 is 0. The largest absolute Gasteiger partial charge is 0.264 e. The van der Waals surface area contributed by atoms with Crippen LogP contribution in [0.5, 0.6) is 0 Å². The molecule has 0 aliphatic rings. The van der Waals surface area contributed by atoms with Gasteiger partial charge in [-0.25, -0.2) is 0 Å². The fourth-order valence-corrected chi connectivity index (χ4v) is 1.19. The molecule has 0 atom stereocenters. The van der Waals surface area contributed by atoms with Crippen LogP contribution < -0.4 is 0 Å². The number of hydrogen-bond donors (Lipinski definition) is 0. The minimum Gasteiger partial charge on any atom is -0.264 e. The first-order valence-electron chi connectivity index (χ1n) is 4.62. The van der Waals surface area contributed by atoms with Crippen LogP contribution in [0.1, 0.15) is 17.5 Å². The van der Waals surface area contributed by atoms with Crippen LogP contribution in [0, 0.1) is 6.92 Å². The molecule has 1 heteroatoms. The highest BCUT2D eigenvalue weighted by Gasteiger charge is 1.94. The summed E-state index contributed by atoms with van der Waals surface area (Å²) in [5.74, 6) is 0. The highest BCUT2D eigenvalue weighted by Crippen LogP contribution is 2.13. The van der Waals surface area contributed by atoms with Crippen LogP contribution >= 0.6 is 0 Å². The maximum Gasteiger partial charge on any atom is 0.0343 e. The number of pyridine rings is 1. The second-order valence-corrected chi connectivity index (χ2v) is 3.15. The van der Waals surface area contributed by atoms with Gasteiger partial charge in [-0.05, 0) is 42.2 Å². The first-order chi connectivity index (χ1) is 6.77. The smallest absolute Gasteiger partial charge is 0.0343 e. The summed E-state index contributed by atoms with van der Waals surface area (Å²) in [6, 6.07) is 2.00. The highest BCUT2D eigenvalue weighted by molar-refractivity contribution is 5.58. The molecule has 1 aromatic rings. The van der Waals surface area contributed by atoms with E-state index in [0.29, 0.717) is 0 Å². The van der Waals surface area contributed by atoms with E-state index in [4.69, 9.17) is 0 Å². The molecule has 1 rings (SSSR count). The first-order valence-corrected chi connectivity index (χ1v) is 4.62. The van der Waals surface area contributed by atoms with Gasteiger partial charge < -0.3 is 0 Å². The predicted molar refractivity (Wildman–Crippen MR) is 62.0 cm³/mol. The van der Waals surface area contributed by atoms with E-state index in [1.807, 2.05) is 24.4 Å². The second kappa shape index (κ2) is 5.18. The minimum atomic E-state index is 0.845. The van der Waals surface area contributed by atoms with Crippen molar-refractivity contribution in [3.8, 4) is 0 Å². The van der Waals surface area contributed by atoms with Crippen molar-refractivity contribution >= 4 is 6.08 Å². The van der Waals surface area contributed by atoms with Gasteiger partial charge in [0, 0.05) is 12.4 Å². The van der Waals surface area contributed by atoms with E-state index in [1.165, 1.54) is 5.56 Å². The van der Waals surface area contributed by atoms with Gasteiger partial charge in [0.15, 0.2) is 0 Å². The molecule has 0 saturated carbocycles. The lowest BCUT2D eigenvalue weighted by Gasteiger charge is -2.01. The molecule has 14 heavy (non-hydrogen) atoms. The lowest BCUT2D eigenvalue weighted by molar-refractivity contribution is 1.25. The van der Waals surface area contributed by atoms with Gasteiger partial charge in [0.25, 0.3) is 0 Å². The Labute approximate surface area is 85.5 Å². The Morgan fingerprint density at radius 3 is 2.86 bits per heavy atom. The first kappa shape index (κ1) is 10.5. The van der Waals surface area contributed by atoms with Crippen molar-refractivity contribution < 1.29 is 0 Å². The van der Waals surface area contributed by atoms with Gasteiger partial charge in [0.1, 0.15) is 0 Å². The standard InChI is InChI=1S/C13H15N/c1-4-6-12(5-2)9-13-10-14-8-7-11(13)3/h4-5,7-10H,1-2,6H2,3H3/b12-9-. The molecule has 0 spiro atoms. The molecule has 0 aliphatic heterocycles. The van der Waals surface area contributed by atoms with E-state index < -0.39 is 0 Å². The maximum absolute atomic E-state index is 4.09. The van der Waals surface area contributed by atoms with Crippen molar-refractivity contribution in [2.24, 2.45) is 0 Å². The molecule has 72 valence electrons. The number of hydrogen-bond acceptors (Lipinski definition) is 1. The third kappa shape index (κ3) is 2.70. The zero-order valence-corrected chi connectivity index (χ0v) is 8.53. The normalized spacial score (nSPS) is 11.1. The summed E-state index contributed by atoms with van der Waals surface area (Å²) < 4.78 is 0. The Bertz CT molecular complexity index is 361. The zero-order chi connectivity index (χ0) is 10.4. The second-order valence-electron chi connectivity index (χ2n) is 3.15. The van der Waals surface area contributed by atoms with Crippen LogP contribution in [0.25, 0.3) is 6.08 Å². The third-order valence-electron chi connectivity index (χ3n) is 2.06. The van der Waals surface area contributed by atoms with Crippen molar-refractivity contribution in [3.63, 3.8) is 0 Å². The van der Waals surface area contributed by atoms with Crippen molar-refractivity contribution in [2.45, 2.75) is 13.3 Å². The zero-order valence-electron chi connectivity index (χ0n) is 8.53. The average Bonchev–Trinajstić information content (AvgIpc) is 2.20. The van der Waals surface area contributed by atoms with Gasteiger partial charge in [0.05, 0.1) is 0 Å². The van der Waals surface area contributed by atoms with Crippen LogP contribution in [0.3, 0.4) is 0 Å². The van der Waals surface area contributed by atoms with Crippen LogP contribution in [0.4, 0.5) is 0 Å². The summed E-state index contributed by atoms with van der Waals surface area (Å²) in [6.07, 6.45) is 10.3. The topological polar surface area (TPSA) is 12.9 Å². The van der Waals surface area contributed by atoms with E-state index in [9.17, 15) is 0 Å². The quantitative estimate of drug-likeness (QED) is 0.516. The van der Waals surface area contributed by atoms with E-state index >= 15 is 0 Å². The molecule has 0 N–H and O–H groups in total. The summed E-state index contributed by atoms with van der Waals surface area (Å²) in [4.78, 5) is 4.09. The molecular formula is C13H15N. The lowest BCUT2D eigenvalue weighted by atomic mass is 10.1. The Kier molecular flexibility index (Phi) is 3.86. The number of aryl methyl sites for hydroxylation is 1. The molecule has 1 nitrogen and oxygen atoms in total. The highest BCUT2D eigenvalue weighted by atomic mass is 14.6. The number of allylic oxidation sites excluding steroid dienone is 3. The number of aromatic nitrogens is 1. The van der Waals surface area contributed by atoms with Crippen molar-refractivity contribution in [1.29, 1.82) is 0 Å². The van der Waals surface area contributed by atoms with Crippen LogP contribution in [0.15, 0.2) is 49.3 Å². The van der Waals surface area contributed by atoms with E-state index in [2.05, 4.69) is 31.1 Å². The molecule has 0 fully saturated rings. The van der Waals surface area contributed by atoms with Crippen LogP contribution in [-0.2, 0) is 0 Å². The third-order valence-corrected chi connectivity index (χ3v) is 2.06.